The summed E-state index contributed by atoms with van der Waals surface area (Å²) in [5, 5.41) is 0. The molecule has 0 heterocycles. The third kappa shape index (κ3) is 44.9. The Morgan fingerprint density at radius 1 is 0.565 bits per heavy atom. The van der Waals surface area contributed by atoms with Crippen molar-refractivity contribution in [1.29, 1.82) is 0 Å². The largest absolute Gasteiger partial charge is 0.0776 e. The van der Waals surface area contributed by atoms with E-state index in [1.54, 1.807) is 0 Å². The summed E-state index contributed by atoms with van der Waals surface area (Å²) in [4.78, 5) is 0. The molecule has 0 bridgehead atoms. The van der Waals surface area contributed by atoms with Gasteiger partial charge < -0.3 is 0 Å². The second-order valence-corrected chi connectivity index (χ2v) is 3.30. The molecule has 1 rings (SSSR count). The van der Waals surface area contributed by atoms with Crippen LogP contribution in [0.1, 0.15) is 119 Å². The Labute approximate surface area is 156 Å². The van der Waals surface area contributed by atoms with E-state index in [1.165, 1.54) is 37.7 Å². The predicted molar refractivity (Wildman–Crippen MR) is 126 cm³/mol. The summed E-state index contributed by atoms with van der Waals surface area (Å²) in [7, 11) is 0. The van der Waals surface area contributed by atoms with Gasteiger partial charge in [-0.25, -0.2) is 0 Å². The standard InChI is InChI=1S/C12H18.C2H6.9CH4/c1-2-3-4-6-9-12-10-7-5-8-11-12;1-2;;;;;;;;;/h5,7-8,10-11H,2-4,6,9H2,1H3;1-2H3;9*1H4. The van der Waals surface area contributed by atoms with Crippen molar-refractivity contribution in [2.24, 2.45) is 0 Å². The molecule has 1 aromatic rings. The lowest BCUT2D eigenvalue weighted by molar-refractivity contribution is 0.667. The van der Waals surface area contributed by atoms with Crippen LogP contribution >= 0.6 is 0 Å². The van der Waals surface area contributed by atoms with Gasteiger partial charge in [-0.1, -0.05) is 137 Å². The summed E-state index contributed by atoms with van der Waals surface area (Å²) in [5.74, 6) is 0. The van der Waals surface area contributed by atoms with Crippen LogP contribution < -0.4 is 0 Å². The van der Waals surface area contributed by atoms with Gasteiger partial charge in [0.25, 0.3) is 0 Å². The highest BCUT2D eigenvalue weighted by atomic mass is 14.0. The van der Waals surface area contributed by atoms with Crippen LogP contribution in [0.15, 0.2) is 30.3 Å². The van der Waals surface area contributed by atoms with Gasteiger partial charge in [-0.15, -0.1) is 0 Å². The van der Waals surface area contributed by atoms with Gasteiger partial charge in [0, 0.05) is 0 Å². The second-order valence-electron chi connectivity index (χ2n) is 3.30. The lowest BCUT2D eigenvalue weighted by Crippen LogP contribution is -1.84. The molecular weight excluding hydrogens is 276 g/mol. The zero-order chi connectivity index (χ0) is 10.6. The molecule has 0 unspecified atom stereocenters. The number of hydrogen-bond acceptors (Lipinski definition) is 0. The van der Waals surface area contributed by atoms with Crippen LogP contribution in [0.2, 0.25) is 0 Å². The van der Waals surface area contributed by atoms with Gasteiger partial charge in [0.15, 0.2) is 0 Å². The maximum atomic E-state index is 2.25. The molecule has 0 heteroatoms. The third-order valence-corrected chi connectivity index (χ3v) is 2.16. The van der Waals surface area contributed by atoms with E-state index in [4.69, 9.17) is 0 Å². The highest BCUT2D eigenvalue weighted by Gasteiger charge is 1.90. The van der Waals surface area contributed by atoms with E-state index in [0.29, 0.717) is 0 Å². The summed E-state index contributed by atoms with van der Waals surface area (Å²) >= 11 is 0. The van der Waals surface area contributed by atoms with Gasteiger partial charge in [0.2, 0.25) is 0 Å². The normalized spacial score (nSPS) is 5.52. The minimum atomic E-state index is 0. The number of hydrogen-bond donors (Lipinski definition) is 0. The summed E-state index contributed by atoms with van der Waals surface area (Å²) in [6, 6.07) is 10.7. The maximum absolute atomic E-state index is 2.25. The van der Waals surface area contributed by atoms with E-state index in [1.807, 2.05) is 13.8 Å². The van der Waals surface area contributed by atoms with Crippen LogP contribution in [0, 0.1) is 0 Å². The highest BCUT2D eigenvalue weighted by Crippen LogP contribution is 2.06. The first-order valence-electron chi connectivity index (χ1n) is 5.97. The lowest BCUT2D eigenvalue weighted by atomic mass is 10.1. The van der Waals surface area contributed by atoms with E-state index in [-0.39, 0.29) is 66.8 Å². The first-order chi connectivity index (χ1) is 6.93. The fourth-order valence-corrected chi connectivity index (χ4v) is 1.40. The number of unbranched alkanes of at least 4 members (excludes halogenated alkanes) is 3. The predicted octanol–water partition coefficient (Wildman–Crippen LogP) is 10.6. The van der Waals surface area contributed by atoms with Crippen molar-refractivity contribution in [3.8, 4) is 0 Å². The average molecular weight is 337 g/mol. The fraction of sp³-hybridized carbons (Fsp3) is 0.739. The first kappa shape index (κ1) is 67.0. The molecule has 0 aliphatic carbocycles. The molecule has 0 fully saturated rings. The molecule has 0 spiro atoms. The fourth-order valence-electron chi connectivity index (χ4n) is 1.40. The Balaban J connectivity index is -0.0000000185. The Hall–Kier alpha value is -0.780. The Kier molecular flexibility index (Phi) is 169. The zero-order valence-electron chi connectivity index (χ0n) is 9.92. The van der Waals surface area contributed by atoms with Crippen LogP contribution in [0.25, 0.3) is 0 Å². The molecule has 152 valence electrons. The highest BCUT2D eigenvalue weighted by molar-refractivity contribution is 5.14. The number of benzene rings is 1. The van der Waals surface area contributed by atoms with Crippen molar-refractivity contribution < 1.29 is 0 Å². The zero-order valence-corrected chi connectivity index (χ0v) is 9.92. The van der Waals surface area contributed by atoms with Crippen molar-refractivity contribution in [2.45, 2.75) is 120 Å². The van der Waals surface area contributed by atoms with E-state index in [2.05, 4.69) is 37.3 Å². The third-order valence-electron chi connectivity index (χ3n) is 2.16. The van der Waals surface area contributed by atoms with Crippen LogP contribution in [-0.2, 0) is 6.42 Å². The molecule has 1 aromatic carbocycles. The van der Waals surface area contributed by atoms with Crippen molar-refractivity contribution in [1.82, 2.24) is 0 Å². The maximum Gasteiger partial charge on any atom is -0.0279 e. The Bertz CT molecular complexity index is 188. The first-order valence-corrected chi connectivity index (χ1v) is 5.97. The van der Waals surface area contributed by atoms with E-state index >= 15 is 0 Å². The molecule has 0 atom stereocenters. The van der Waals surface area contributed by atoms with Crippen LogP contribution in [0.5, 0.6) is 0 Å². The SMILES string of the molecule is C.C.C.C.C.C.C.C.C.CC.CCCCCCc1ccccc1. The topological polar surface area (TPSA) is 0 Å². The van der Waals surface area contributed by atoms with E-state index in [9.17, 15) is 0 Å². The van der Waals surface area contributed by atoms with Gasteiger partial charge in [-0.05, 0) is 18.4 Å². The lowest BCUT2D eigenvalue weighted by Gasteiger charge is -1.99. The minimum absolute atomic E-state index is 0. The van der Waals surface area contributed by atoms with Gasteiger partial charge >= 0.3 is 0 Å². The summed E-state index contributed by atoms with van der Waals surface area (Å²) in [6.07, 6.45) is 6.69. The molecule has 0 aromatic heterocycles. The number of rotatable bonds is 5. The molecule has 0 saturated carbocycles. The van der Waals surface area contributed by atoms with Gasteiger partial charge in [0.1, 0.15) is 0 Å². The quantitative estimate of drug-likeness (QED) is 0.469. The Morgan fingerprint density at radius 2 is 0.957 bits per heavy atom. The molecule has 0 N–H and O–H groups in total. The smallest absolute Gasteiger partial charge is 0.0279 e. The van der Waals surface area contributed by atoms with Crippen molar-refractivity contribution in [3.05, 3.63) is 35.9 Å². The second kappa shape index (κ2) is 58.1. The molecule has 0 aliphatic heterocycles. The van der Waals surface area contributed by atoms with Gasteiger partial charge in [-0.3, -0.25) is 0 Å². The molecule has 0 amide bonds. The van der Waals surface area contributed by atoms with Gasteiger partial charge in [-0.2, -0.15) is 0 Å². The molecule has 0 aliphatic rings. The van der Waals surface area contributed by atoms with Crippen LogP contribution in [0.3, 0.4) is 0 Å². The minimum Gasteiger partial charge on any atom is -0.0776 e. The number of aryl methyl sites for hydroxylation is 1. The summed E-state index contributed by atoms with van der Waals surface area (Å²) < 4.78 is 0. The van der Waals surface area contributed by atoms with Crippen molar-refractivity contribution in [3.63, 3.8) is 0 Å². The molecule has 23 heavy (non-hydrogen) atoms. The molecule has 0 saturated heterocycles. The van der Waals surface area contributed by atoms with Gasteiger partial charge in [0.05, 0.1) is 0 Å². The van der Waals surface area contributed by atoms with E-state index < -0.39 is 0 Å². The van der Waals surface area contributed by atoms with Crippen molar-refractivity contribution in [2.75, 3.05) is 0 Å². The summed E-state index contributed by atoms with van der Waals surface area (Å²) in [5.41, 5.74) is 1.48. The molecule has 0 nitrogen and oxygen atoms in total. The van der Waals surface area contributed by atoms with Crippen LogP contribution in [-0.4, -0.2) is 0 Å². The van der Waals surface area contributed by atoms with E-state index in [0.717, 1.165) is 0 Å². The average Bonchev–Trinajstić information content (AvgIpc) is 2.29. The van der Waals surface area contributed by atoms with Crippen molar-refractivity contribution >= 4 is 0 Å². The summed E-state index contributed by atoms with van der Waals surface area (Å²) in [6.45, 7) is 6.25. The molecule has 0 radical (unpaired) electrons. The molecular formula is C23H60. The monoisotopic (exact) mass is 336 g/mol. The Morgan fingerprint density at radius 3 is 1.30 bits per heavy atom. The van der Waals surface area contributed by atoms with Crippen LogP contribution in [0.4, 0.5) is 0 Å².